The number of ether oxygens (including phenoxy) is 2. The lowest BCUT2D eigenvalue weighted by atomic mass is 10.0. The Kier molecular flexibility index (Phi) is 4.55. The topological polar surface area (TPSA) is 95.2 Å². The van der Waals surface area contributed by atoms with E-state index < -0.39 is 0 Å². The van der Waals surface area contributed by atoms with Crippen molar-refractivity contribution >= 4 is 33.8 Å². The van der Waals surface area contributed by atoms with E-state index in [0.717, 1.165) is 53.5 Å². The van der Waals surface area contributed by atoms with Crippen LogP contribution in [0.5, 0.6) is 0 Å². The summed E-state index contributed by atoms with van der Waals surface area (Å²) in [5.41, 5.74) is 3.44. The average Bonchev–Trinajstić information content (AvgIpc) is 3.45. The molecule has 9 nitrogen and oxygen atoms in total. The monoisotopic (exact) mass is 433 g/mol. The minimum atomic E-state index is -0.190. The van der Waals surface area contributed by atoms with Crippen LogP contribution in [0.2, 0.25) is 0 Å². The van der Waals surface area contributed by atoms with Gasteiger partial charge >= 0.3 is 0 Å². The number of hydrogen-bond donors (Lipinski definition) is 2. The standard InChI is InChI=1S/C23H27N7O2/c1-23(2)14-32-12-9-30(23)21-18-20(27-22(28-21)29-7-10-31-11-8-29)26-19(25-18)16-4-3-15-5-6-24-17(15)13-16/h3-6,13,24H,7-12,14H2,1-2H3,(H,25,26,27,28). The molecule has 0 unspecified atom stereocenters. The number of aromatic amines is 2. The van der Waals surface area contributed by atoms with Crippen molar-refractivity contribution in [2.45, 2.75) is 19.4 Å². The summed E-state index contributed by atoms with van der Waals surface area (Å²) < 4.78 is 11.3. The van der Waals surface area contributed by atoms with Crippen molar-refractivity contribution in [2.75, 3.05) is 55.9 Å². The van der Waals surface area contributed by atoms with E-state index in [9.17, 15) is 0 Å². The molecule has 6 rings (SSSR count). The summed E-state index contributed by atoms with van der Waals surface area (Å²) in [6, 6.07) is 8.37. The van der Waals surface area contributed by atoms with Gasteiger partial charge in [0, 0.05) is 36.9 Å². The minimum Gasteiger partial charge on any atom is -0.378 e. The number of H-pyrrole nitrogens is 2. The molecular formula is C23H27N7O2. The van der Waals surface area contributed by atoms with Gasteiger partial charge in [0.05, 0.1) is 32.0 Å². The molecule has 0 spiro atoms. The van der Waals surface area contributed by atoms with E-state index in [0.29, 0.717) is 32.4 Å². The molecule has 0 saturated carbocycles. The summed E-state index contributed by atoms with van der Waals surface area (Å²) >= 11 is 0. The Morgan fingerprint density at radius 3 is 2.66 bits per heavy atom. The molecule has 4 aromatic rings. The van der Waals surface area contributed by atoms with Crippen LogP contribution in [0, 0.1) is 0 Å². The van der Waals surface area contributed by atoms with Gasteiger partial charge in [-0.15, -0.1) is 0 Å². The number of fused-ring (bicyclic) bond motifs is 2. The second-order valence-corrected chi connectivity index (χ2v) is 9.03. The van der Waals surface area contributed by atoms with Crippen LogP contribution in [0.15, 0.2) is 30.5 Å². The zero-order chi connectivity index (χ0) is 21.7. The van der Waals surface area contributed by atoms with Crippen molar-refractivity contribution in [3.05, 3.63) is 30.5 Å². The van der Waals surface area contributed by atoms with Gasteiger partial charge < -0.3 is 29.2 Å². The Labute approximate surface area is 185 Å². The van der Waals surface area contributed by atoms with E-state index >= 15 is 0 Å². The van der Waals surface area contributed by atoms with Crippen molar-refractivity contribution in [1.29, 1.82) is 0 Å². The number of hydrogen-bond acceptors (Lipinski definition) is 7. The smallest absolute Gasteiger partial charge is 0.229 e. The van der Waals surface area contributed by atoms with Crippen molar-refractivity contribution < 1.29 is 9.47 Å². The summed E-state index contributed by atoms with van der Waals surface area (Å²) in [4.78, 5) is 26.1. The summed E-state index contributed by atoms with van der Waals surface area (Å²) in [5.74, 6) is 2.36. The van der Waals surface area contributed by atoms with Crippen LogP contribution in [-0.4, -0.2) is 76.5 Å². The maximum absolute atomic E-state index is 5.76. The highest BCUT2D eigenvalue weighted by molar-refractivity contribution is 5.89. The van der Waals surface area contributed by atoms with Gasteiger partial charge in [0.1, 0.15) is 5.82 Å². The predicted octanol–water partition coefficient (Wildman–Crippen LogP) is 2.95. The molecule has 166 valence electrons. The molecule has 2 aliphatic rings. The van der Waals surface area contributed by atoms with Crippen LogP contribution in [-0.2, 0) is 9.47 Å². The Balaban J connectivity index is 1.51. The molecule has 2 fully saturated rings. The Hall–Kier alpha value is -3.17. The van der Waals surface area contributed by atoms with Crippen molar-refractivity contribution in [3.63, 3.8) is 0 Å². The quantitative estimate of drug-likeness (QED) is 0.513. The average molecular weight is 434 g/mol. The fourth-order valence-electron chi connectivity index (χ4n) is 4.55. The maximum atomic E-state index is 5.76. The second-order valence-electron chi connectivity index (χ2n) is 9.03. The zero-order valence-corrected chi connectivity index (χ0v) is 18.4. The van der Waals surface area contributed by atoms with E-state index in [1.165, 1.54) is 5.39 Å². The van der Waals surface area contributed by atoms with E-state index in [1.54, 1.807) is 0 Å². The molecular weight excluding hydrogens is 406 g/mol. The van der Waals surface area contributed by atoms with Crippen molar-refractivity contribution in [1.82, 2.24) is 24.9 Å². The van der Waals surface area contributed by atoms with Crippen molar-refractivity contribution in [2.24, 2.45) is 0 Å². The molecule has 0 atom stereocenters. The largest absolute Gasteiger partial charge is 0.378 e. The molecule has 0 bridgehead atoms. The molecule has 2 saturated heterocycles. The molecule has 0 amide bonds. The van der Waals surface area contributed by atoms with Gasteiger partial charge in [-0.25, -0.2) is 4.98 Å². The van der Waals surface area contributed by atoms with E-state index in [-0.39, 0.29) is 5.54 Å². The number of morpholine rings is 2. The van der Waals surface area contributed by atoms with Gasteiger partial charge in [-0.3, -0.25) is 0 Å². The Morgan fingerprint density at radius 2 is 1.81 bits per heavy atom. The number of aromatic nitrogens is 5. The van der Waals surface area contributed by atoms with Gasteiger partial charge in [0.2, 0.25) is 5.95 Å². The highest BCUT2D eigenvalue weighted by atomic mass is 16.5. The van der Waals surface area contributed by atoms with Gasteiger partial charge in [-0.2, -0.15) is 9.97 Å². The van der Waals surface area contributed by atoms with Gasteiger partial charge in [0.25, 0.3) is 0 Å². The van der Waals surface area contributed by atoms with Crippen LogP contribution in [0.4, 0.5) is 11.8 Å². The molecule has 5 heterocycles. The van der Waals surface area contributed by atoms with Crippen LogP contribution in [0.25, 0.3) is 33.5 Å². The summed E-state index contributed by atoms with van der Waals surface area (Å²) in [7, 11) is 0. The number of benzene rings is 1. The molecule has 0 aliphatic carbocycles. The lowest BCUT2D eigenvalue weighted by molar-refractivity contribution is 0.0640. The number of rotatable bonds is 3. The lowest BCUT2D eigenvalue weighted by Gasteiger charge is -2.43. The zero-order valence-electron chi connectivity index (χ0n) is 18.4. The van der Waals surface area contributed by atoms with Crippen LogP contribution < -0.4 is 9.80 Å². The number of imidazole rings is 1. The highest BCUT2D eigenvalue weighted by Crippen LogP contribution is 2.33. The number of nitrogens with zero attached hydrogens (tertiary/aromatic N) is 5. The molecule has 2 N–H and O–H groups in total. The summed E-state index contributed by atoms with van der Waals surface area (Å²) in [6.07, 6.45) is 1.95. The maximum Gasteiger partial charge on any atom is 0.229 e. The predicted molar refractivity (Wildman–Crippen MR) is 124 cm³/mol. The Bertz CT molecular complexity index is 1270. The summed E-state index contributed by atoms with van der Waals surface area (Å²) in [6.45, 7) is 9.37. The third-order valence-corrected chi connectivity index (χ3v) is 6.34. The van der Waals surface area contributed by atoms with Crippen molar-refractivity contribution in [3.8, 4) is 11.4 Å². The van der Waals surface area contributed by atoms with E-state index in [2.05, 4.69) is 57.9 Å². The first-order valence-corrected chi connectivity index (χ1v) is 11.1. The SMILES string of the molecule is CC1(C)COCCN1c1nc(N2CCOCC2)nc2[nH]c(-c3ccc4cc[nH]c4c3)nc12. The third kappa shape index (κ3) is 3.28. The van der Waals surface area contributed by atoms with Crippen LogP contribution >= 0.6 is 0 Å². The first-order valence-electron chi connectivity index (χ1n) is 11.1. The minimum absolute atomic E-state index is 0.190. The third-order valence-electron chi connectivity index (χ3n) is 6.34. The highest BCUT2D eigenvalue weighted by Gasteiger charge is 2.34. The number of anilines is 2. The van der Waals surface area contributed by atoms with E-state index in [4.69, 9.17) is 24.4 Å². The first-order chi connectivity index (χ1) is 15.6. The molecule has 0 radical (unpaired) electrons. The second kappa shape index (κ2) is 7.46. The summed E-state index contributed by atoms with van der Waals surface area (Å²) in [5, 5.41) is 1.18. The first kappa shape index (κ1) is 19.5. The molecule has 32 heavy (non-hydrogen) atoms. The lowest BCUT2D eigenvalue weighted by Crippen LogP contribution is -2.53. The van der Waals surface area contributed by atoms with E-state index in [1.807, 2.05) is 6.20 Å². The molecule has 2 aliphatic heterocycles. The molecule has 3 aromatic heterocycles. The molecule has 9 heteroatoms. The normalized spacial score (nSPS) is 19.2. The molecule has 1 aromatic carbocycles. The van der Waals surface area contributed by atoms with Crippen LogP contribution in [0.1, 0.15) is 13.8 Å². The Morgan fingerprint density at radius 1 is 0.969 bits per heavy atom. The van der Waals surface area contributed by atoms with Crippen LogP contribution in [0.3, 0.4) is 0 Å². The fourth-order valence-corrected chi connectivity index (χ4v) is 4.55. The fraction of sp³-hybridized carbons (Fsp3) is 0.435. The van der Waals surface area contributed by atoms with Gasteiger partial charge in [0.15, 0.2) is 17.0 Å². The van der Waals surface area contributed by atoms with Gasteiger partial charge in [-0.1, -0.05) is 12.1 Å². The van der Waals surface area contributed by atoms with Gasteiger partial charge in [-0.05, 0) is 31.4 Å². The number of nitrogens with one attached hydrogen (secondary N) is 2.